The zero-order valence-corrected chi connectivity index (χ0v) is 15.2. The fraction of sp³-hybridized carbons (Fsp3) is 0.111. The molecule has 0 spiro atoms. The van der Waals surface area contributed by atoms with Gasteiger partial charge in [0, 0.05) is 22.8 Å². The van der Waals surface area contributed by atoms with E-state index in [4.69, 9.17) is 0 Å². The predicted molar refractivity (Wildman–Crippen MR) is 101 cm³/mol. The van der Waals surface area contributed by atoms with Gasteiger partial charge in [0.05, 0.1) is 11.1 Å². The summed E-state index contributed by atoms with van der Waals surface area (Å²) in [6.07, 6.45) is 0.00279. The van der Waals surface area contributed by atoms with E-state index in [1.807, 2.05) is 12.1 Å². The van der Waals surface area contributed by atoms with E-state index in [2.05, 4.69) is 36.5 Å². The van der Waals surface area contributed by atoms with Crippen molar-refractivity contribution in [3.63, 3.8) is 0 Å². The van der Waals surface area contributed by atoms with Gasteiger partial charge in [-0.1, -0.05) is 30.3 Å². The fourth-order valence-electron chi connectivity index (χ4n) is 2.39. The number of halogens is 1. The Bertz CT molecular complexity index is 997. The first-order valence-corrected chi connectivity index (χ1v) is 8.62. The van der Waals surface area contributed by atoms with Crippen LogP contribution in [0.1, 0.15) is 16.8 Å². The molecule has 0 saturated heterocycles. The molecule has 0 aliphatic rings. The van der Waals surface area contributed by atoms with E-state index in [9.17, 15) is 14.7 Å². The summed E-state index contributed by atoms with van der Waals surface area (Å²) in [7, 11) is 0. The molecule has 0 unspecified atom stereocenters. The summed E-state index contributed by atoms with van der Waals surface area (Å²) in [6, 6.07) is 14.2. The number of aromatic nitrogens is 1. The topological polar surface area (TPSA) is 107 Å². The molecule has 0 saturated carbocycles. The number of hydrogen-bond acceptors (Lipinski definition) is 4. The highest BCUT2D eigenvalue weighted by Crippen LogP contribution is 2.35. The van der Waals surface area contributed by atoms with Crippen LogP contribution in [0.4, 0.5) is 5.69 Å². The van der Waals surface area contributed by atoms with E-state index >= 15 is 0 Å². The van der Waals surface area contributed by atoms with Crippen LogP contribution in [0, 0.1) is 0 Å². The first-order valence-electron chi connectivity index (χ1n) is 7.83. The number of aromatic amines is 1. The van der Waals surface area contributed by atoms with Crippen molar-refractivity contribution in [2.24, 2.45) is 10.2 Å². The minimum Gasteiger partial charge on any atom is -0.493 e. The lowest BCUT2D eigenvalue weighted by molar-refractivity contribution is -0.118. The Balaban J connectivity index is 1.57. The number of carbonyl (C=O) groups is 2. The minimum atomic E-state index is -0.498. The summed E-state index contributed by atoms with van der Waals surface area (Å²) >= 11 is 3.30. The lowest BCUT2D eigenvalue weighted by atomic mass is 10.2. The first-order chi connectivity index (χ1) is 12.6. The van der Waals surface area contributed by atoms with Crippen LogP contribution in [-0.4, -0.2) is 28.4 Å². The summed E-state index contributed by atoms with van der Waals surface area (Å²) in [6.45, 7) is 0.137. The monoisotopic (exact) mass is 414 g/mol. The van der Waals surface area contributed by atoms with E-state index < -0.39 is 5.91 Å². The molecule has 1 aromatic heterocycles. The third kappa shape index (κ3) is 3.97. The highest BCUT2D eigenvalue weighted by molar-refractivity contribution is 9.10. The highest BCUT2D eigenvalue weighted by Gasteiger charge is 2.11. The molecule has 0 aliphatic heterocycles. The van der Waals surface area contributed by atoms with E-state index in [-0.39, 0.29) is 30.4 Å². The van der Waals surface area contributed by atoms with Gasteiger partial charge in [0.25, 0.3) is 11.8 Å². The SMILES string of the molecule is O=C(CCNC(=O)c1ccccc1Br)N=Nc1c(O)[nH]c2ccccc12. The van der Waals surface area contributed by atoms with Crippen LogP contribution >= 0.6 is 15.9 Å². The van der Waals surface area contributed by atoms with Crippen LogP contribution in [0.5, 0.6) is 5.88 Å². The molecule has 0 radical (unpaired) electrons. The maximum absolute atomic E-state index is 12.0. The van der Waals surface area contributed by atoms with Crippen molar-refractivity contribution >= 4 is 44.3 Å². The second-order valence-corrected chi connectivity index (χ2v) is 6.30. The molecule has 132 valence electrons. The molecule has 3 rings (SSSR count). The molecule has 0 bridgehead atoms. The summed E-state index contributed by atoms with van der Waals surface area (Å²) in [4.78, 5) is 26.7. The number of aromatic hydroxyl groups is 1. The molecule has 0 fully saturated rings. The van der Waals surface area contributed by atoms with Gasteiger partial charge in [0.15, 0.2) is 5.69 Å². The number of fused-ring (bicyclic) bond motifs is 1. The first kappa shape index (κ1) is 17.8. The number of nitrogens with zero attached hydrogens (tertiary/aromatic N) is 2. The lowest BCUT2D eigenvalue weighted by Gasteiger charge is -2.05. The van der Waals surface area contributed by atoms with Crippen LogP contribution in [0.25, 0.3) is 10.9 Å². The number of benzene rings is 2. The molecule has 26 heavy (non-hydrogen) atoms. The third-order valence-electron chi connectivity index (χ3n) is 3.66. The Labute approximate surface area is 157 Å². The highest BCUT2D eigenvalue weighted by atomic mass is 79.9. The smallest absolute Gasteiger partial charge is 0.266 e. The second kappa shape index (κ2) is 7.92. The number of carbonyl (C=O) groups excluding carboxylic acids is 2. The summed E-state index contributed by atoms with van der Waals surface area (Å²) in [5.74, 6) is -0.927. The van der Waals surface area contributed by atoms with Crippen LogP contribution in [0.15, 0.2) is 63.2 Å². The third-order valence-corrected chi connectivity index (χ3v) is 4.36. The second-order valence-electron chi connectivity index (χ2n) is 5.45. The van der Waals surface area contributed by atoms with Crippen molar-refractivity contribution in [2.75, 3.05) is 6.54 Å². The minimum absolute atomic E-state index is 0.00279. The Morgan fingerprint density at radius 2 is 1.85 bits per heavy atom. The van der Waals surface area contributed by atoms with Gasteiger partial charge in [0.2, 0.25) is 5.88 Å². The molecule has 0 aliphatic carbocycles. The Morgan fingerprint density at radius 1 is 1.12 bits per heavy atom. The van der Waals surface area contributed by atoms with Gasteiger partial charge in [0.1, 0.15) is 0 Å². The van der Waals surface area contributed by atoms with Crippen LogP contribution < -0.4 is 5.32 Å². The molecule has 0 atom stereocenters. The standard InChI is InChI=1S/C18H15BrN4O3/c19-13-7-3-1-5-11(13)17(25)20-10-9-15(24)22-23-16-12-6-2-4-8-14(12)21-18(16)26/h1-8,21,26H,9-10H2,(H,20,25). The van der Waals surface area contributed by atoms with Crippen LogP contribution in [0.3, 0.4) is 0 Å². The quantitative estimate of drug-likeness (QED) is 0.547. The van der Waals surface area contributed by atoms with Crippen LogP contribution in [0.2, 0.25) is 0 Å². The zero-order valence-electron chi connectivity index (χ0n) is 13.6. The fourth-order valence-corrected chi connectivity index (χ4v) is 2.86. The Hall–Kier alpha value is -3.00. The van der Waals surface area contributed by atoms with Gasteiger partial charge in [-0.2, -0.15) is 0 Å². The molecule has 8 heteroatoms. The van der Waals surface area contributed by atoms with Crippen molar-refractivity contribution in [3.05, 3.63) is 58.6 Å². The number of H-pyrrole nitrogens is 1. The van der Waals surface area contributed by atoms with Gasteiger partial charge in [-0.25, -0.2) is 0 Å². The van der Waals surface area contributed by atoms with Crippen molar-refractivity contribution in [1.29, 1.82) is 0 Å². The number of nitrogens with one attached hydrogen (secondary N) is 2. The van der Waals surface area contributed by atoms with Crippen molar-refractivity contribution in [2.45, 2.75) is 6.42 Å². The van der Waals surface area contributed by atoms with Gasteiger partial charge < -0.3 is 15.4 Å². The maximum Gasteiger partial charge on any atom is 0.266 e. The summed E-state index contributed by atoms with van der Waals surface area (Å²) < 4.78 is 0.679. The number of para-hydroxylation sites is 1. The zero-order chi connectivity index (χ0) is 18.5. The normalized spacial score (nSPS) is 11.1. The number of azo groups is 1. The maximum atomic E-state index is 12.0. The number of rotatable bonds is 5. The molecule has 7 nitrogen and oxygen atoms in total. The Kier molecular flexibility index (Phi) is 5.43. The predicted octanol–water partition coefficient (Wildman–Crippen LogP) is 4.07. The molecule has 3 N–H and O–H groups in total. The Morgan fingerprint density at radius 3 is 2.65 bits per heavy atom. The van der Waals surface area contributed by atoms with E-state index in [0.29, 0.717) is 20.9 Å². The molecular formula is C18H15BrN4O3. The van der Waals surface area contributed by atoms with E-state index in [1.54, 1.807) is 36.4 Å². The van der Waals surface area contributed by atoms with E-state index in [1.165, 1.54) is 0 Å². The average Bonchev–Trinajstić information content (AvgIpc) is 2.95. The van der Waals surface area contributed by atoms with Gasteiger partial charge in [-0.05, 0) is 34.1 Å². The van der Waals surface area contributed by atoms with Gasteiger partial charge >= 0.3 is 0 Å². The average molecular weight is 415 g/mol. The molecule has 2 aromatic carbocycles. The molecule has 2 amide bonds. The van der Waals surface area contributed by atoms with Crippen molar-refractivity contribution < 1.29 is 14.7 Å². The number of hydrogen-bond donors (Lipinski definition) is 3. The summed E-state index contributed by atoms with van der Waals surface area (Å²) in [5.41, 5.74) is 1.41. The molecule has 3 aromatic rings. The largest absolute Gasteiger partial charge is 0.493 e. The lowest BCUT2D eigenvalue weighted by Crippen LogP contribution is -2.26. The molecule has 1 heterocycles. The van der Waals surface area contributed by atoms with Crippen LogP contribution in [-0.2, 0) is 4.79 Å². The van der Waals surface area contributed by atoms with Gasteiger partial charge in [-0.3, -0.25) is 9.59 Å². The molecular weight excluding hydrogens is 400 g/mol. The summed E-state index contributed by atoms with van der Waals surface area (Å²) in [5, 5.41) is 20.6. The van der Waals surface area contributed by atoms with E-state index in [0.717, 1.165) is 0 Å². The van der Waals surface area contributed by atoms with Crippen molar-refractivity contribution in [3.8, 4) is 5.88 Å². The van der Waals surface area contributed by atoms with Crippen molar-refractivity contribution in [1.82, 2.24) is 10.3 Å². The van der Waals surface area contributed by atoms with Gasteiger partial charge in [-0.15, -0.1) is 10.2 Å². The number of amides is 2.